The Kier molecular flexibility index (Phi) is 1.89. The zero-order valence-electron chi connectivity index (χ0n) is 7.86. The van der Waals surface area contributed by atoms with Crippen LogP contribution in [0.5, 0.6) is 0 Å². The molecule has 0 atom stereocenters. The SMILES string of the molecule is Cc1c(-c2ccccc2)ncn1C. The average Bonchev–Trinajstić information content (AvgIpc) is 2.49. The van der Waals surface area contributed by atoms with Gasteiger partial charge in [0.15, 0.2) is 0 Å². The number of aryl methyl sites for hydroxylation is 1. The van der Waals surface area contributed by atoms with Crippen molar-refractivity contribution in [2.75, 3.05) is 0 Å². The largest absolute Gasteiger partial charge is 0.337 e. The molecular formula is C11H12N2. The topological polar surface area (TPSA) is 17.8 Å². The first kappa shape index (κ1) is 8.05. The second-order valence-electron chi connectivity index (χ2n) is 3.16. The summed E-state index contributed by atoms with van der Waals surface area (Å²) in [7, 11) is 2.01. The van der Waals surface area contributed by atoms with Gasteiger partial charge in [0.05, 0.1) is 12.0 Å². The molecule has 2 rings (SSSR count). The fourth-order valence-corrected chi connectivity index (χ4v) is 1.37. The molecule has 66 valence electrons. The second kappa shape index (κ2) is 3.05. The molecule has 0 aliphatic rings. The lowest BCUT2D eigenvalue weighted by Crippen LogP contribution is -1.88. The highest BCUT2D eigenvalue weighted by Gasteiger charge is 2.04. The molecule has 0 amide bonds. The van der Waals surface area contributed by atoms with E-state index in [1.54, 1.807) is 0 Å². The second-order valence-corrected chi connectivity index (χ2v) is 3.16. The quantitative estimate of drug-likeness (QED) is 0.645. The first-order chi connectivity index (χ1) is 6.29. The molecular weight excluding hydrogens is 160 g/mol. The molecule has 0 spiro atoms. The van der Waals surface area contributed by atoms with Crippen molar-refractivity contribution in [3.63, 3.8) is 0 Å². The Labute approximate surface area is 77.9 Å². The normalized spacial score (nSPS) is 10.3. The van der Waals surface area contributed by atoms with Crippen molar-refractivity contribution in [2.45, 2.75) is 6.92 Å². The predicted octanol–water partition coefficient (Wildman–Crippen LogP) is 2.40. The highest BCUT2D eigenvalue weighted by molar-refractivity contribution is 5.61. The number of hydrogen-bond acceptors (Lipinski definition) is 1. The molecule has 0 radical (unpaired) electrons. The highest BCUT2D eigenvalue weighted by Crippen LogP contribution is 2.19. The van der Waals surface area contributed by atoms with Crippen molar-refractivity contribution >= 4 is 0 Å². The molecule has 2 nitrogen and oxygen atoms in total. The van der Waals surface area contributed by atoms with E-state index in [0.717, 1.165) is 5.69 Å². The molecule has 1 aromatic heterocycles. The van der Waals surface area contributed by atoms with Crippen molar-refractivity contribution in [3.8, 4) is 11.3 Å². The number of nitrogens with zero attached hydrogens (tertiary/aromatic N) is 2. The Morgan fingerprint density at radius 2 is 1.85 bits per heavy atom. The van der Waals surface area contributed by atoms with Gasteiger partial charge < -0.3 is 4.57 Å². The maximum atomic E-state index is 4.35. The molecule has 13 heavy (non-hydrogen) atoms. The molecule has 0 bridgehead atoms. The third-order valence-electron chi connectivity index (χ3n) is 2.28. The highest BCUT2D eigenvalue weighted by atomic mass is 15.0. The Bertz CT molecular complexity index is 401. The summed E-state index contributed by atoms with van der Waals surface area (Å²) in [5.74, 6) is 0. The summed E-state index contributed by atoms with van der Waals surface area (Å²) in [6.07, 6.45) is 1.84. The van der Waals surface area contributed by atoms with Gasteiger partial charge in [-0.25, -0.2) is 4.98 Å². The number of hydrogen-bond donors (Lipinski definition) is 0. The molecule has 0 aliphatic heterocycles. The molecule has 2 heteroatoms. The summed E-state index contributed by atoms with van der Waals surface area (Å²) in [5.41, 5.74) is 3.45. The van der Waals surface area contributed by atoms with Crippen LogP contribution in [-0.4, -0.2) is 9.55 Å². The van der Waals surface area contributed by atoms with Crippen LogP contribution < -0.4 is 0 Å². The third kappa shape index (κ3) is 1.35. The maximum Gasteiger partial charge on any atom is 0.0953 e. The van der Waals surface area contributed by atoms with Gasteiger partial charge in [0, 0.05) is 18.3 Å². The minimum Gasteiger partial charge on any atom is -0.337 e. The van der Waals surface area contributed by atoms with E-state index in [2.05, 4.69) is 24.0 Å². The van der Waals surface area contributed by atoms with E-state index < -0.39 is 0 Å². The predicted molar refractivity (Wildman–Crippen MR) is 53.4 cm³/mol. The Morgan fingerprint density at radius 3 is 2.38 bits per heavy atom. The lowest BCUT2D eigenvalue weighted by molar-refractivity contribution is 0.874. The number of rotatable bonds is 1. The van der Waals surface area contributed by atoms with E-state index in [1.807, 2.05) is 36.1 Å². The zero-order valence-corrected chi connectivity index (χ0v) is 7.86. The lowest BCUT2D eigenvalue weighted by atomic mass is 10.1. The summed E-state index contributed by atoms with van der Waals surface area (Å²) in [4.78, 5) is 4.35. The molecule has 0 saturated carbocycles. The Hall–Kier alpha value is -1.57. The van der Waals surface area contributed by atoms with E-state index in [0.29, 0.717) is 0 Å². The minimum atomic E-state index is 1.07. The van der Waals surface area contributed by atoms with Gasteiger partial charge in [-0.15, -0.1) is 0 Å². The summed E-state index contributed by atoms with van der Waals surface area (Å²) < 4.78 is 2.03. The molecule has 0 saturated heterocycles. The van der Waals surface area contributed by atoms with Gasteiger partial charge in [0.1, 0.15) is 0 Å². The third-order valence-corrected chi connectivity index (χ3v) is 2.28. The van der Waals surface area contributed by atoms with E-state index in [1.165, 1.54) is 11.3 Å². The van der Waals surface area contributed by atoms with Gasteiger partial charge in [-0.2, -0.15) is 0 Å². The molecule has 0 N–H and O–H groups in total. The summed E-state index contributed by atoms with van der Waals surface area (Å²) in [6, 6.07) is 10.2. The van der Waals surface area contributed by atoms with Crippen LogP contribution in [0.4, 0.5) is 0 Å². The zero-order chi connectivity index (χ0) is 9.26. The Morgan fingerprint density at radius 1 is 1.15 bits per heavy atom. The van der Waals surface area contributed by atoms with Crippen molar-refractivity contribution < 1.29 is 0 Å². The monoisotopic (exact) mass is 172 g/mol. The molecule has 0 fully saturated rings. The van der Waals surface area contributed by atoms with Crippen molar-refractivity contribution in [1.29, 1.82) is 0 Å². The van der Waals surface area contributed by atoms with E-state index in [-0.39, 0.29) is 0 Å². The molecule has 1 heterocycles. The van der Waals surface area contributed by atoms with Gasteiger partial charge in [0.2, 0.25) is 0 Å². The van der Waals surface area contributed by atoms with Crippen LogP contribution in [0.15, 0.2) is 36.7 Å². The van der Waals surface area contributed by atoms with Crippen LogP contribution in [-0.2, 0) is 7.05 Å². The first-order valence-corrected chi connectivity index (χ1v) is 4.32. The van der Waals surface area contributed by atoms with Crippen LogP contribution in [0.25, 0.3) is 11.3 Å². The number of benzene rings is 1. The number of aromatic nitrogens is 2. The van der Waals surface area contributed by atoms with Crippen LogP contribution in [0.1, 0.15) is 5.69 Å². The fraction of sp³-hybridized carbons (Fsp3) is 0.182. The van der Waals surface area contributed by atoms with Crippen molar-refractivity contribution in [2.24, 2.45) is 7.05 Å². The first-order valence-electron chi connectivity index (χ1n) is 4.32. The van der Waals surface area contributed by atoms with Gasteiger partial charge >= 0.3 is 0 Å². The summed E-state index contributed by atoms with van der Waals surface area (Å²) in [6.45, 7) is 2.08. The van der Waals surface area contributed by atoms with E-state index in [9.17, 15) is 0 Å². The minimum absolute atomic E-state index is 1.07. The van der Waals surface area contributed by atoms with Crippen LogP contribution in [0, 0.1) is 6.92 Å². The van der Waals surface area contributed by atoms with Gasteiger partial charge in [-0.1, -0.05) is 30.3 Å². The van der Waals surface area contributed by atoms with Gasteiger partial charge in [-0.05, 0) is 6.92 Å². The van der Waals surface area contributed by atoms with Crippen molar-refractivity contribution in [1.82, 2.24) is 9.55 Å². The van der Waals surface area contributed by atoms with E-state index >= 15 is 0 Å². The fourth-order valence-electron chi connectivity index (χ4n) is 1.37. The lowest BCUT2D eigenvalue weighted by Gasteiger charge is -1.99. The van der Waals surface area contributed by atoms with Crippen molar-refractivity contribution in [3.05, 3.63) is 42.4 Å². The smallest absolute Gasteiger partial charge is 0.0953 e. The van der Waals surface area contributed by atoms with E-state index in [4.69, 9.17) is 0 Å². The summed E-state index contributed by atoms with van der Waals surface area (Å²) in [5, 5.41) is 0. The van der Waals surface area contributed by atoms with Gasteiger partial charge in [0.25, 0.3) is 0 Å². The summed E-state index contributed by atoms with van der Waals surface area (Å²) >= 11 is 0. The molecule has 2 aromatic rings. The Balaban J connectivity index is 2.53. The van der Waals surface area contributed by atoms with Crippen LogP contribution in [0.2, 0.25) is 0 Å². The molecule has 0 unspecified atom stereocenters. The maximum absolute atomic E-state index is 4.35. The molecule has 1 aromatic carbocycles. The van der Waals surface area contributed by atoms with Crippen LogP contribution >= 0.6 is 0 Å². The van der Waals surface area contributed by atoms with Crippen LogP contribution in [0.3, 0.4) is 0 Å². The van der Waals surface area contributed by atoms with Gasteiger partial charge in [-0.3, -0.25) is 0 Å². The average molecular weight is 172 g/mol. The standard InChI is InChI=1S/C11H12N2/c1-9-11(12-8-13(9)2)10-6-4-3-5-7-10/h3-8H,1-2H3. The number of imidazole rings is 1. The molecule has 0 aliphatic carbocycles.